The molecule has 0 spiro atoms. The van der Waals surface area contributed by atoms with E-state index >= 15 is 0 Å². The Morgan fingerprint density at radius 1 is 0.814 bits per heavy atom. The highest BCUT2D eigenvalue weighted by atomic mass is 35.5. The van der Waals surface area contributed by atoms with Gasteiger partial charge in [0.1, 0.15) is 6.10 Å². The van der Waals surface area contributed by atoms with Crippen LogP contribution in [0.5, 0.6) is 11.5 Å². The van der Waals surface area contributed by atoms with Gasteiger partial charge in [-0.3, -0.25) is 9.59 Å². The summed E-state index contributed by atoms with van der Waals surface area (Å²) in [6.07, 6.45) is 6.64. The van der Waals surface area contributed by atoms with Crippen molar-refractivity contribution < 1.29 is 38.1 Å². The number of likely N-dealkylation sites (N-methyl/N-ethyl adjacent to an activating group) is 2. The number of hydrogen-bond acceptors (Lipinski definition) is 10. The summed E-state index contributed by atoms with van der Waals surface area (Å²) in [5.74, 6) is -1.85. The number of nitrogens with one attached hydrogen (secondary N) is 1. The zero-order chi connectivity index (χ0) is 40.9. The normalized spacial score (nSPS) is 19.0. The Morgan fingerprint density at radius 2 is 1.34 bits per heavy atom. The third kappa shape index (κ3) is 11.6. The highest BCUT2D eigenvalue weighted by molar-refractivity contribution is 7.21. The first-order chi connectivity index (χ1) is 28.0. The number of hydrogen-bond donors (Lipinski definition) is 3. The van der Waals surface area contributed by atoms with Gasteiger partial charge in [0.25, 0.3) is 11.7 Å². The third-order valence-electron chi connectivity index (χ3n) is 11.4. The number of Topliss-reactive ketones (excluding diaryl/α,β-unsaturated/α-hetero) is 1. The van der Waals surface area contributed by atoms with E-state index in [-0.39, 0.29) is 37.2 Å². The minimum atomic E-state index is -1.18. The van der Waals surface area contributed by atoms with Gasteiger partial charge in [-0.05, 0) is 144 Å². The van der Waals surface area contributed by atoms with Crippen LogP contribution in [0.4, 0.5) is 8.78 Å². The molecule has 3 aromatic carbocycles. The maximum atomic E-state index is 14.7. The van der Waals surface area contributed by atoms with E-state index < -0.39 is 35.8 Å². The Bertz CT molecular complexity index is 2050. The Kier molecular flexibility index (Phi) is 15.4. The topological polar surface area (TPSA) is 115 Å². The second-order valence-electron chi connectivity index (χ2n) is 15.9. The van der Waals surface area contributed by atoms with Gasteiger partial charge >= 0.3 is 0 Å². The van der Waals surface area contributed by atoms with Crippen LogP contribution in [0.2, 0.25) is 5.02 Å². The van der Waals surface area contributed by atoms with E-state index in [0.717, 1.165) is 81.3 Å². The number of halogens is 3. The van der Waals surface area contributed by atoms with Gasteiger partial charge in [-0.25, -0.2) is 8.78 Å². The molecule has 4 aliphatic rings. The van der Waals surface area contributed by atoms with Crippen molar-refractivity contribution in [1.82, 2.24) is 20.0 Å². The van der Waals surface area contributed by atoms with Gasteiger partial charge in [0.05, 0.1) is 29.2 Å². The number of benzene rings is 3. The largest absolute Gasteiger partial charge is 0.487 e. The lowest BCUT2D eigenvalue weighted by Crippen LogP contribution is -2.49. The number of ketones is 1. The number of aliphatic hydroxyl groups excluding tert-OH is 2. The molecule has 2 saturated heterocycles. The summed E-state index contributed by atoms with van der Waals surface area (Å²) in [7, 11) is 3.36. The van der Waals surface area contributed by atoms with Crippen LogP contribution in [0, 0.1) is 11.6 Å². The second kappa shape index (κ2) is 20.2. The number of carbonyl (C=O) groups is 2. The van der Waals surface area contributed by atoms with Crippen LogP contribution in [0.3, 0.4) is 0 Å². The van der Waals surface area contributed by atoms with Crippen LogP contribution in [-0.2, 0) is 4.79 Å². The van der Waals surface area contributed by atoms with Crippen molar-refractivity contribution in [3.63, 3.8) is 0 Å². The lowest BCUT2D eigenvalue weighted by Gasteiger charge is -2.34. The molecule has 4 aromatic rings. The van der Waals surface area contributed by atoms with Crippen LogP contribution in [-0.4, -0.2) is 114 Å². The maximum Gasteiger partial charge on any atom is 0.295 e. The summed E-state index contributed by atoms with van der Waals surface area (Å²) in [5, 5.41) is 26.4. The average molecular weight is 855 g/mol. The highest BCUT2D eigenvalue weighted by Crippen LogP contribution is 2.34. The van der Waals surface area contributed by atoms with Crippen molar-refractivity contribution >= 4 is 44.7 Å². The molecule has 4 atom stereocenters. The van der Waals surface area contributed by atoms with Crippen LogP contribution >= 0.6 is 22.9 Å². The monoisotopic (exact) mass is 854 g/mol. The van der Waals surface area contributed by atoms with Gasteiger partial charge < -0.3 is 39.7 Å². The number of nitrogens with zero attached hydrogens (tertiary/aromatic N) is 3. The molecule has 320 valence electrons. The molecule has 4 fully saturated rings. The van der Waals surface area contributed by atoms with Crippen LogP contribution in [0.1, 0.15) is 91.8 Å². The number of carbonyl (C=O) groups excluding carboxylic acids is 2. The van der Waals surface area contributed by atoms with Gasteiger partial charge in [0, 0.05) is 35.9 Å². The number of rotatable bonds is 16. The highest BCUT2D eigenvalue weighted by Gasteiger charge is 2.35. The number of ether oxygens (including phenoxy) is 2. The Balaban J connectivity index is 0.000000218. The smallest absolute Gasteiger partial charge is 0.295 e. The van der Waals surface area contributed by atoms with E-state index in [0.29, 0.717) is 33.3 Å². The van der Waals surface area contributed by atoms with E-state index in [1.54, 1.807) is 36.4 Å². The van der Waals surface area contributed by atoms with Crippen LogP contribution < -0.4 is 14.8 Å². The average Bonchev–Trinajstić information content (AvgIpc) is 4.03. The zero-order valence-electron chi connectivity index (χ0n) is 33.0. The molecule has 0 bridgehead atoms. The first-order valence-electron chi connectivity index (χ1n) is 20.4. The van der Waals surface area contributed by atoms with Crippen molar-refractivity contribution in [2.75, 3.05) is 53.4 Å². The maximum absolute atomic E-state index is 14.7. The SMILES string of the molecule is C.CN(C(=O)C(=O)c1cc2ccc(Cl)cc2s1)[C@H](CN1CCCC1)[C@H](O)c1ccc(OC2CC2)c(F)c1.CN[C@H](CN1CCCC1)[C@H](O)c1ccc(OC2CC2)c(F)c1. The van der Waals surface area contributed by atoms with Crippen molar-refractivity contribution in [2.24, 2.45) is 0 Å². The van der Waals surface area contributed by atoms with Gasteiger partial charge in [-0.15, -0.1) is 11.3 Å². The lowest BCUT2D eigenvalue weighted by molar-refractivity contribution is -0.130. The number of likely N-dealkylation sites (tertiary alicyclic amines) is 2. The fourth-order valence-electron chi connectivity index (χ4n) is 7.57. The molecule has 1 amide bonds. The molecule has 59 heavy (non-hydrogen) atoms. The second-order valence-corrected chi connectivity index (χ2v) is 17.4. The fraction of sp³-hybridized carbons (Fsp3) is 0.511. The van der Waals surface area contributed by atoms with Gasteiger partial charge in [0.2, 0.25) is 0 Å². The first-order valence-corrected chi connectivity index (χ1v) is 21.6. The van der Waals surface area contributed by atoms with Crippen molar-refractivity contribution in [3.8, 4) is 11.5 Å². The van der Waals surface area contributed by atoms with E-state index in [2.05, 4.69) is 15.1 Å². The number of amides is 1. The number of aliphatic hydroxyl groups is 2. The van der Waals surface area contributed by atoms with E-state index in [1.165, 1.54) is 54.3 Å². The van der Waals surface area contributed by atoms with Gasteiger partial charge in [-0.2, -0.15) is 0 Å². The zero-order valence-corrected chi connectivity index (χ0v) is 34.6. The van der Waals surface area contributed by atoms with E-state index in [1.807, 2.05) is 13.1 Å². The van der Waals surface area contributed by atoms with E-state index in [9.17, 15) is 28.6 Å². The van der Waals surface area contributed by atoms with Crippen LogP contribution in [0.15, 0.2) is 60.7 Å². The summed E-state index contributed by atoms with van der Waals surface area (Å²) >= 11 is 7.27. The molecule has 2 saturated carbocycles. The summed E-state index contributed by atoms with van der Waals surface area (Å²) in [6.45, 7) is 5.00. The molecule has 8 rings (SSSR count). The molecule has 10 nitrogen and oxygen atoms in total. The molecule has 1 aromatic heterocycles. The summed E-state index contributed by atoms with van der Waals surface area (Å²) in [5.41, 5.74) is 0.933. The molecule has 0 radical (unpaired) electrons. The van der Waals surface area contributed by atoms with Gasteiger partial charge in [0.15, 0.2) is 23.1 Å². The van der Waals surface area contributed by atoms with Gasteiger partial charge in [-0.1, -0.05) is 37.2 Å². The third-order valence-corrected chi connectivity index (χ3v) is 12.7. The standard InChI is InChI=1S/C27H28ClFN2O4S.C17H25FN2O2.CH4/c1-30(27(34)26(33)24-13-16-4-6-18(28)14-23(16)36-24)21(15-31-10-2-3-11-31)25(32)17-5-9-22(20(29)12-17)35-19-7-8-19;1-19-15(11-20-8-2-3-9-20)17(21)12-4-7-16(14(18)10-12)22-13-5-6-13;/h4-6,9,12-14,19,21,25,32H,2-3,7-8,10-11,15H2,1H3;4,7,10,13,15,17,19,21H,2-3,5-6,8-9,11H2,1H3;1H4/t21-,25-;15-,17-;/m11./s1. The Hall–Kier alpha value is -3.69. The summed E-state index contributed by atoms with van der Waals surface area (Å²) in [4.78, 5) is 32.6. The quantitative estimate of drug-likeness (QED) is 0.0768. The van der Waals surface area contributed by atoms with E-state index in [4.69, 9.17) is 21.1 Å². The Labute approximate surface area is 355 Å². The predicted molar refractivity (Wildman–Crippen MR) is 229 cm³/mol. The molecular formula is C45H57ClF2N4O6S. The van der Waals surface area contributed by atoms with Crippen LogP contribution in [0.25, 0.3) is 10.1 Å². The number of fused-ring (bicyclic) bond motifs is 1. The van der Waals surface area contributed by atoms with Crippen molar-refractivity contribution in [1.29, 1.82) is 0 Å². The minimum absolute atomic E-state index is 0. The molecule has 0 unspecified atom stereocenters. The predicted octanol–water partition coefficient (Wildman–Crippen LogP) is 7.79. The molecule has 2 aliphatic carbocycles. The Morgan fingerprint density at radius 3 is 1.85 bits per heavy atom. The van der Waals surface area contributed by atoms with Crippen molar-refractivity contribution in [3.05, 3.63) is 93.3 Å². The number of thiophene rings is 1. The lowest BCUT2D eigenvalue weighted by atomic mass is 9.99. The summed E-state index contributed by atoms with van der Waals surface area (Å²) in [6, 6.07) is 15.4. The molecule has 2 aliphatic heterocycles. The first kappa shape index (κ1) is 44.9. The fourth-order valence-corrected chi connectivity index (χ4v) is 8.84. The molecule has 14 heteroatoms. The summed E-state index contributed by atoms with van der Waals surface area (Å²) < 4.78 is 40.7. The minimum Gasteiger partial charge on any atom is -0.487 e. The molecule has 3 heterocycles. The van der Waals surface area contributed by atoms with Crippen molar-refractivity contribution in [2.45, 2.75) is 95.3 Å². The molecule has 3 N–H and O–H groups in total. The molecular weight excluding hydrogens is 798 g/mol.